The Balaban J connectivity index is 1.73. The van der Waals surface area contributed by atoms with E-state index in [2.05, 4.69) is 20.8 Å². The highest BCUT2D eigenvalue weighted by atomic mass is 32.1. The van der Waals surface area contributed by atoms with Crippen molar-refractivity contribution in [3.8, 4) is 0 Å². The molecule has 0 radical (unpaired) electrons. The zero-order chi connectivity index (χ0) is 14.8. The lowest BCUT2D eigenvalue weighted by Crippen LogP contribution is -2.19. The molecule has 0 saturated carbocycles. The highest BCUT2D eigenvalue weighted by Gasteiger charge is 2.13. The molecule has 0 fully saturated rings. The second-order valence-electron chi connectivity index (χ2n) is 4.22. The molecule has 1 aromatic carbocycles. The summed E-state index contributed by atoms with van der Waals surface area (Å²) < 4.78 is 0. The molecule has 0 saturated heterocycles. The number of carbonyl (C=O) groups is 2. The summed E-state index contributed by atoms with van der Waals surface area (Å²) in [5, 5.41) is 23.6. The Morgan fingerprint density at radius 1 is 1.24 bits per heavy atom. The van der Waals surface area contributed by atoms with Gasteiger partial charge in [0, 0.05) is 11.1 Å². The molecule has 21 heavy (non-hydrogen) atoms. The maximum Gasteiger partial charge on any atom is 0.338 e. The summed E-state index contributed by atoms with van der Waals surface area (Å²) in [5.41, 5.74) is 1.53. The fraction of sp³-hybridized carbons (Fsp3) is 0. The first-order chi connectivity index (χ1) is 10.1. The molecule has 0 atom stereocenters. The molecule has 0 aliphatic rings. The Morgan fingerprint density at radius 3 is 2.90 bits per heavy atom. The molecule has 106 valence electrons. The number of hydrogen-bond acceptors (Lipinski definition) is 4. The SMILES string of the molecule is O=C(Nc1ccc2[nH]ncc2c1)Nc1sccc1C(=O)O. The smallest absolute Gasteiger partial charge is 0.338 e. The molecule has 0 aliphatic heterocycles. The minimum atomic E-state index is -1.08. The van der Waals surface area contributed by atoms with Gasteiger partial charge in [0.25, 0.3) is 0 Å². The minimum absolute atomic E-state index is 0.0698. The number of aromatic amines is 1. The van der Waals surface area contributed by atoms with Crippen LogP contribution in [0.3, 0.4) is 0 Å². The Morgan fingerprint density at radius 2 is 2.10 bits per heavy atom. The molecule has 7 nitrogen and oxygen atoms in total. The van der Waals surface area contributed by atoms with E-state index in [0.29, 0.717) is 10.7 Å². The Hall–Kier alpha value is -2.87. The minimum Gasteiger partial charge on any atom is -0.478 e. The van der Waals surface area contributed by atoms with Crippen LogP contribution in [0.4, 0.5) is 15.5 Å². The van der Waals surface area contributed by atoms with Crippen molar-refractivity contribution in [3.63, 3.8) is 0 Å². The highest BCUT2D eigenvalue weighted by molar-refractivity contribution is 7.14. The molecule has 3 rings (SSSR count). The van der Waals surface area contributed by atoms with Crippen LogP contribution in [-0.2, 0) is 0 Å². The predicted octanol–water partition coefficient (Wildman–Crippen LogP) is 2.97. The van der Waals surface area contributed by atoms with Crippen LogP contribution >= 0.6 is 11.3 Å². The molecule has 3 aromatic rings. The maximum absolute atomic E-state index is 11.9. The van der Waals surface area contributed by atoms with Gasteiger partial charge in [0.1, 0.15) is 5.00 Å². The van der Waals surface area contributed by atoms with Gasteiger partial charge in [-0.25, -0.2) is 9.59 Å². The summed E-state index contributed by atoms with van der Waals surface area (Å²) >= 11 is 1.15. The molecule has 0 bridgehead atoms. The number of urea groups is 1. The zero-order valence-electron chi connectivity index (χ0n) is 10.6. The number of benzene rings is 1. The molecular weight excluding hydrogens is 292 g/mol. The zero-order valence-corrected chi connectivity index (χ0v) is 11.4. The third-order valence-electron chi connectivity index (χ3n) is 2.82. The van der Waals surface area contributed by atoms with E-state index in [9.17, 15) is 9.59 Å². The number of carboxylic acid groups (broad SMARTS) is 1. The number of carbonyl (C=O) groups excluding carboxylic acids is 1. The summed E-state index contributed by atoms with van der Waals surface area (Å²) in [4.78, 5) is 22.9. The standard InChI is InChI=1S/C13H10N4O3S/c18-12(19)9-3-4-21-11(9)16-13(20)15-8-1-2-10-7(5-8)6-14-17-10/h1-6H,(H,14,17)(H,18,19)(H2,15,16,20). The van der Waals surface area contributed by atoms with Gasteiger partial charge in [-0.3, -0.25) is 10.4 Å². The van der Waals surface area contributed by atoms with Crippen molar-refractivity contribution in [2.75, 3.05) is 10.6 Å². The van der Waals surface area contributed by atoms with E-state index < -0.39 is 12.0 Å². The van der Waals surface area contributed by atoms with Crippen LogP contribution in [0.15, 0.2) is 35.8 Å². The normalized spacial score (nSPS) is 10.5. The fourth-order valence-electron chi connectivity index (χ4n) is 1.86. The highest BCUT2D eigenvalue weighted by Crippen LogP contribution is 2.23. The monoisotopic (exact) mass is 302 g/mol. The predicted molar refractivity (Wildman–Crippen MR) is 80.0 cm³/mol. The van der Waals surface area contributed by atoms with Gasteiger partial charge in [0.05, 0.1) is 17.3 Å². The van der Waals surface area contributed by atoms with Crippen molar-refractivity contribution in [1.82, 2.24) is 10.2 Å². The van der Waals surface area contributed by atoms with E-state index in [0.717, 1.165) is 22.2 Å². The molecule has 2 amide bonds. The summed E-state index contributed by atoms with van der Waals surface area (Å²) in [5.74, 6) is -1.08. The van der Waals surface area contributed by atoms with Gasteiger partial charge in [-0.15, -0.1) is 11.3 Å². The van der Waals surface area contributed by atoms with Crippen LogP contribution in [-0.4, -0.2) is 27.3 Å². The van der Waals surface area contributed by atoms with E-state index in [1.165, 1.54) is 6.07 Å². The Kier molecular flexibility index (Phi) is 3.28. The molecule has 4 N–H and O–H groups in total. The maximum atomic E-state index is 11.9. The molecular formula is C13H10N4O3S. The second kappa shape index (κ2) is 5.25. The first-order valence-corrected chi connectivity index (χ1v) is 6.83. The van der Waals surface area contributed by atoms with Gasteiger partial charge in [0.15, 0.2) is 0 Å². The number of fused-ring (bicyclic) bond motifs is 1. The van der Waals surface area contributed by atoms with Crippen LogP contribution in [0, 0.1) is 0 Å². The number of anilines is 2. The van der Waals surface area contributed by atoms with Gasteiger partial charge in [-0.2, -0.15) is 5.10 Å². The lowest BCUT2D eigenvalue weighted by molar-refractivity contribution is 0.0698. The van der Waals surface area contributed by atoms with Crippen LogP contribution < -0.4 is 10.6 Å². The first kappa shape index (κ1) is 13.1. The largest absolute Gasteiger partial charge is 0.478 e. The van der Waals surface area contributed by atoms with Gasteiger partial charge in [-0.1, -0.05) is 0 Å². The number of amides is 2. The van der Waals surface area contributed by atoms with Crippen LogP contribution in [0.5, 0.6) is 0 Å². The number of rotatable bonds is 3. The molecule has 0 unspecified atom stereocenters. The number of aromatic nitrogens is 2. The number of thiophene rings is 1. The van der Waals surface area contributed by atoms with Gasteiger partial charge in [0.2, 0.25) is 0 Å². The molecule has 0 aliphatic carbocycles. The Labute approximate surface area is 122 Å². The summed E-state index contributed by atoms with van der Waals surface area (Å²) in [7, 11) is 0. The molecule has 2 aromatic heterocycles. The summed E-state index contributed by atoms with van der Waals surface area (Å²) in [6, 6.07) is 6.24. The second-order valence-corrected chi connectivity index (χ2v) is 5.14. The van der Waals surface area contributed by atoms with Crippen LogP contribution in [0.25, 0.3) is 10.9 Å². The summed E-state index contributed by atoms with van der Waals surface area (Å²) in [6.07, 6.45) is 1.65. The number of carboxylic acids is 1. The third kappa shape index (κ3) is 2.70. The third-order valence-corrected chi connectivity index (χ3v) is 3.65. The lowest BCUT2D eigenvalue weighted by atomic mass is 10.2. The number of nitrogens with zero attached hydrogens (tertiary/aromatic N) is 1. The lowest BCUT2D eigenvalue weighted by Gasteiger charge is -2.07. The van der Waals surface area contributed by atoms with E-state index in [1.54, 1.807) is 29.8 Å². The van der Waals surface area contributed by atoms with E-state index >= 15 is 0 Å². The van der Waals surface area contributed by atoms with E-state index in [1.807, 2.05) is 0 Å². The molecule has 0 spiro atoms. The summed E-state index contributed by atoms with van der Waals surface area (Å²) in [6.45, 7) is 0. The number of hydrogen-bond donors (Lipinski definition) is 4. The van der Waals surface area contributed by atoms with Gasteiger partial charge < -0.3 is 10.4 Å². The van der Waals surface area contributed by atoms with Gasteiger partial charge >= 0.3 is 12.0 Å². The fourth-order valence-corrected chi connectivity index (χ4v) is 2.63. The number of H-pyrrole nitrogens is 1. The van der Waals surface area contributed by atoms with Crippen molar-refractivity contribution in [1.29, 1.82) is 0 Å². The van der Waals surface area contributed by atoms with Crippen molar-refractivity contribution >= 4 is 44.9 Å². The molecule has 2 heterocycles. The topological polar surface area (TPSA) is 107 Å². The average Bonchev–Trinajstić information content (AvgIpc) is 3.06. The number of aromatic carboxylic acids is 1. The van der Waals surface area contributed by atoms with Crippen molar-refractivity contribution in [3.05, 3.63) is 41.4 Å². The van der Waals surface area contributed by atoms with Crippen molar-refractivity contribution in [2.45, 2.75) is 0 Å². The quantitative estimate of drug-likeness (QED) is 0.596. The van der Waals surface area contributed by atoms with Gasteiger partial charge in [-0.05, 0) is 29.6 Å². The number of nitrogens with one attached hydrogen (secondary N) is 3. The van der Waals surface area contributed by atoms with E-state index in [4.69, 9.17) is 5.11 Å². The Bertz CT molecular complexity index is 824. The van der Waals surface area contributed by atoms with Crippen LogP contribution in [0.2, 0.25) is 0 Å². The van der Waals surface area contributed by atoms with Crippen LogP contribution in [0.1, 0.15) is 10.4 Å². The first-order valence-electron chi connectivity index (χ1n) is 5.95. The van der Waals surface area contributed by atoms with Crippen molar-refractivity contribution in [2.24, 2.45) is 0 Å². The van der Waals surface area contributed by atoms with E-state index in [-0.39, 0.29) is 5.56 Å². The molecule has 8 heteroatoms. The van der Waals surface area contributed by atoms with Crippen molar-refractivity contribution < 1.29 is 14.7 Å². The average molecular weight is 302 g/mol.